The normalized spacial score (nSPS) is 12.7. The van der Waals surface area contributed by atoms with Crippen molar-refractivity contribution in [3.63, 3.8) is 0 Å². The van der Waals surface area contributed by atoms with Crippen LogP contribution in [0.4, 0.5) is 0 Å². The number of halogens is 1. The Bertz CT molecular complexity index is 286. The highest BCUT2D eigenvalue weighted by Crippen LogP contribution is 2.14. The van der Waals surface area contributed by atoms with Gasteiger partial charge < -0.3 is 5.32 Å². The van der Waals surface area contributed by atoms with Crippen molar-refractivity contribution >= 4 is 15.9 Å². The van der Waals surface area contributed by atoms with Crippen LogP contribution in [0.25, 0.3) is 0 Å². The van der Waals surface area contributed by atoms with Crippen LogP contribution >= 0.6 is 15.9 Å². The van der Waals surface area contributed by atoms with E-state index in [-0.39, 0.29) is 0 Å². The van der Waals surface area contributed by atoms with Crippen molar-refractivity contribution in [3.8, 4) is 0 Å². The van der Waals surface area contributed by atoms with Crippen molar-refractivity contribution < 1.29 is 0 Å². The largest absolute Gasteiger partial charge is 0.316 e. The molecule has 0 aromatic heterocycles. The van der Waals surface area contributed by atoms with Crippen LogP contribution in [0.15, 0.2) is 28.7 Å². The third-order valence-electron chi connectivity index (χ3n) is 2.39. The Hall–Kier alpha value is -0.340. The summed E-state index contributed by atoms with van der Waals surface area (Å²) < 4.78 is 1.17. The van der Waals surface area contributed by atoms with Gasteiger partial charge in [0.15, 0.2) is 0 Å². The summed E-state index contributed by atoms with van der Waals surface area (Å²) in [5.41, 5.74) is 1.41. The van der Waals surface area contributed by atoms with Crippen LogP contribution < -0.4 is 5.32 Å². The standard InChI is InChI=1S/C13H20BrN/c1-3-7-15-10-11(2)8-12-5-4-6-13(14)9-12/h4-6,9,11,15H,3,7-8,10H2,1-2H3. The van der Waals surface area contributed by atoms with Gasteiger partial charge in [0.2, 0.25) is 0 Å². The Morgan fingerprint density at radius 1 is 1.40 bits per heavy atom. The predicted molar refractivity (Wildman–Crippen MR) is 70.2 cm³/mol. The van der Waals surface area contributed by atoms with Gasteiger partial charge >= 0.3 is 0 Å². The Morgan fingerprint density at radius 3 is 2.87 bits per heavy atom. The lowest BCUT2D eigenvalue weighted by Crippen LogP contribution is -2.23. The maximum absolute atomic E-state index is 3.50. The molecule has 1 rings (SSSR count). The molecule has 0 amide bonds. The average Bonchev–Trinajstić information content (AvgIpc) is 2.18. The van der Waals surface area contributed by atoms with Gasteiger partial charge in [-0.2, -0.15) is 0 Å². The lowest BCUT2D eigenvalue weighted by molar-refractivity contribution is 0.510. The second-order valence-corrected chi connectivity index (χ2v) is 5.06. The summed E-state index contributed by atoms with van der Waals surface area (Å²) in [5, 5.41) is 3.46. The number of nitrogens with one attached hydrogen (secondary N) is 1. The first-order valence-electron chi connectivity index (χ1n) is 5.67. The number of hydrogen-bond donors (Lipinski definition) is 1. The summed E-state index contributed by atoms with van der Waals surface area (Å²) >= 11 is 3.50. The van der Waals surface area contributed by atoms with E-state index in [0.29, 0.717) is 5.92 Å². The van der Waals surface area contributed by atoms with Crippen LogP contribution in [0.3, 0.4) is 0 Å². The third-order valence-corrected chi connectivity index (χ3v) is 2.89. The van der Waals surface area contributed by atoms with Crippen molar-refractivity contribution in [2.45, 2.75) is 26.7 Å². The van der Waals surface area contributed by atoms with E-state index in [1.165, 1.54) is 16.5 Å². The molecule has 1 aromatic rings. The van der Waals surface area contributed by atoms with Crippen LogP contribution in [0.2, 0.25) is 0 Å². The highest BCUT2D eigenvalue weighted by atomic mass is 79.9. The Morgan fingerprint density at radius 2 is 2.20 bits per heavy atom. The zero-order chi connectivity index (χ0) is 11.1. The van der Waals surface area contributed by atoms with Gasteiger partial charge in [-0.1, -0.05) is 41.9 Å². The highest BCUT2D eigenvalue weighted by molar-refractivity contribution is 9.10. The summed E-state index contributed by atoms with van der Waals surface area (Å²) in [6.45, 7) is 6.73. The molecule has 15 heavy (non-hydrogen) atoms. The van der Waals surface area contributed by atoms with E-state index in [9.17, 15) is 0 Å². The van der Waals surface area contributed by atoms with E-state index in [1.54, 1.807) is 0 Å². The Kier molecular flexibility index (Phi) is 5.96. The molecule has 0 fully saturated rings. The molecule has 0 saturated heterocycles. The summed E-state index contributed by atoms with van der Waals surface area (Å²) in [7, 11) is 0. The maximum Gasteiger partial charge on any atom is 0.0177 e. The van der Waals surface area contributed by atoms with Gasteiger partial charge in [-0.3, -0.25) is 0 Å². The van der Waals surface area contributed by atoms with Crippen LogP contribution in [-0.4, -0.2) is 13.1 Å². The van der Waals surface area contributed by atoms with E-state index < -0.39 is 0 Å². The fourth-order valence-corrected chi connectivity index (χ4v) is 2.11. The Labute approximate surface area is 101 Å². The number of rotatable bonds is 6. The second-order valence-electron chi connectivity index (χ2n) is 4.14. The van der Waals surface area contributed by atoms with E-state index >= 15 is 0 Å². The molecule has 1 aromatic carbocycles. The van der Waals surface area contributed by atoms with Crippen molar-refractivity contribution in [3.05, 3.63) is 34.3 Å². The van der Waals surface area contributed by atoms with Crippen molar-refractivity contribution in [1.29, 1.82) is 0 Å². The first-order chi connectivity index (χ1) is 7.22. The first kappa shape index (κ1) is 12.7. The summed E-state index contributed by atoms with van der Waals surface area (Å²) in [6.07, 6.45) is 2.36. The van der Waals surface area contributed by atoms with Crippen LogP contribution in [0.5, 0.6) is 0 Å². The lowest BCUT2D eigenvalue weighted by Gasteiger charge is -2.12. The van der Waals surface area contributed by atoms with Gasteiger partial charge in [0.25, 0.3) is 0 Å². The zero-order valence-corrected chi connectivity index (χ0v) is 11.2. The van der Waals surface area contributed by atoms with Crippen LogP contribution in [-0.2, 0) is 6.42 Å². The molecule has 0 saturated carbocycles. The minimum absolute atomic E-state index is 0.700. The molecule has 1 N–H and O–H groups in total. The van der Waals surface area contributed by atoms with Gasteiger partial charge in [0, 0.05) is 4.47 Å². The summed E-state index contributed by atoms with van der Waals surface area (Å²) in [6, 6.07) is 8.58. The van der Waals surface area contributed by atoms with Crippen LogP contribution in [0.1, 0.15) is 25.8 Å². The van der Waals surface area contributed by atoms with E-state index in [1.807, 2.05) is 0 Å². The molecular weight excluding hydrogens is 250 g/mol. The van der Waals surface area contributed by atoms with Gasteiger partial charge in [-0.05, 0) is 49.5 Å². The van der Waals surface area contributed by atoms with Gasteiger partial charge in [0.1, 0.15) is 0 Å². The summed E-state index contributed by atoms with van der Waals surface area (Å²) in [5.74, 6) is 0.700. The molecule has 1 unspecified atom stereocenters. The number of benzene rings is 1. The summed E-state index contributed by atoms with van der Waals surface area (Å²) in [4.78, 5) is 0. The van der Waals surface area contributed by atoms with Crippen LogP contribution in [0, 0.1) is 5.92 Å². The predicted octanol–water partition coefficient (Wildman–Crippen LogP) is 3.63. The van der Waals surface area contributed by atoms with E-state index in [4.69, 9.17) is 0 Å². The van der Waals surface area contributed by atoms with E-state index in [0.717, 1.165) is 19.5 Å². The number of hydrogen-bond acceptors (Lipinski definition) is 1. The van der Waals surface area contributed by atoms with Gasteiger partial charge in [-0.25, -0.2) is 0 Å². The fourth-order valence-electron chi connectivity index (χ4n) is 1.66. The molecule has 1 atom stereocenters. The minimum Gasteiger partial charge on any atom is -0.316 e. The molecule has 1 nitrogen and oxygen atoms in total. The molecule has 0 bridgehead atoms. The smallest absolute Gasteiger partial charge is 0.0177 e. The van der Waals surface area contributed by atoms with Crippen molar-refractivity contribution in [2.24, 2.45) is 5.92 Å². The monoisotopic (exact) mass is 269 g/mol. The Balaban J connectivity index is 2.34. The molecule has 0 radical (unpaired) electrons. The minimum atomic E-state index is 0.700. The zero-order valence-electron chi connectivity index (χ0n) is 9.59. The molecule has 0 aliphatic carbocycles. The molecule has 0 aliphatic rings. The van der Waals surface area contributed by atoms with Crippen molar-refractivity contribution in [1.82, 2.24) is 5.32 Å². The van der Waals surface area contributed by atoms with E-state index in [2.05, 4.69) is 59.4 Å². The quantitative estimate of drug-likeness (QED) is 0.778. The third kappa shape index (κ3) is 5.33. The topological polar surface area (TPSA) is 12.0 Å². The lowest BCUT2D eigenvalue weighted by atomic mass is 10.0. The molecule has 2 heteroatoms. The van der Waals surface area contributed by atoms with Gasteiger partial charge in [-0.15, -0.1) is 0 Å². The first-order valence-corrected chi connectivity index (χ1v) is 6.46. The molecular formula is C13H20BrN. The second kappa shape index (κ2) is 7.02. The molecule has 84 valence electrons. The molecule has 0 aliphatic heterocycles. The SMILES string of the molecule is CCCNCC(C)Cc1cccc(Br)c1. The highest BCUT2D eigenvalue weighted by Gasteiger charge is 2.03. The maximum atomic E-state index is 3.50. The molecule has 0 heterocycles. The fraction of sp³-hybridized carbons (Fsp3) is 0.538. The van der Waals surface area contributed by atoms with Crippen molar-refractivity contribution in [2.75, 3.05) is 13.1 Å². The average molecular weight is 270 g/mol. The molecule has 0 spiro atoms. The van der Waals surface area contributed by atoms with Gasteiger partial charge in [0.05, 0.1) is 0 Å².